The number of rotatable bonds is 2. The summed E-state index contributed by atoms with van der Waals surface area (Å²) in [7, 11) is 1.42. The summed E-state index contributed by atoms with van der Waals surface area (Å²) in [5.74, 6) is -0.255. The highest BCUT2D eigenvalue weighted by Gasteiger charge is 2.20. The fourth-order valence-electron chi connectivity index (χ4n) is 2.41. The van der Waals surface area contributed by atoms with E-state index >= 15 is 0 Å². The molecule has 0 fully saturated rings. The van der Waals surface area contributed by atoms with Gasteiger partial charge in [0.2, 0.25) is 0 Å². The Bertz CT molecular complexity index is 426. The number of aryl methyl sites for hydroxylation is 1. The SMILES string of the molecule is COC(=O)c1ccc2c(c1)CCCN2C(C)C. The third kappa shape index (κ3) is 2.28. The molecule has 1 aromatic carbocycles. The lowest BCUT2D eigenvalue weighted by atomic mass is 9.98. The fraction of sp³-hybridized carbons (Fsp3) is 0.500. The van der Waals surface area contributed by atoms with Gasteiger partial charge in [0.05, 0.1) is 12.7 Å². The number of fused-ring (bicyclic) bond motifs is 1. The van der Waals surface area contributed by atoms with Gasteiger partial charge >= 0.3 is 5.97 Å². The molecule has 0 aromatic heterocycles. The highest BCUT2D eigenvalue weighted by Crippen LogP contribution is 2.29. The summed E-state index contributed by atoms with van der Waals surface area (Å²) in [6, 6.07) is 6.36. The van der Waals surface area contributed by atoms with E-state index in [1.54, 1.807) is 0 Å². The van der Waals surface area contributed by atoms with Crippen LogP contribution in [0.5, 0.6) is 0 Å². The second-order valence-corrected chi connectivity index (χ2v) is 4.73. The average molecular weight is 233 g/mol. The first-order chi connectivity index (χ1) is 8.13. The maximum atomic E-state index is 11.5. The van der Waals surface area contributed by atoms with Crippen molar-refractivity contribution < 1.29 is 9.53 Å². The molecular formula is C14H19NO2. The number of benzene rings is 1. The van der Waals surface area contributed by atoms with Crippen LogP contribution in [0.15, 0.2) is 18.2 Å². The van der Waals surface area contributed by atoms with Gasteiger partial charge in [-0.25, -0.2) is 4.79 Å². The molecule has 0 spiro atoms. The summed E-state index contributed by atoms with van der Waals surface area (Å²) in [5, 5.41) is 0. The number of anilines is 1. The first-order valence-electron chi connectivity index (χ1n) is 6.11. The minimum absolute atomic E-state index is 0.255. The van der Waals surface area contributed by atoms with E-state index in [1.807, 2.05) is 18.2 Å². The summed E-state index contributed by atoms with van der Waals surface area (Å²) >= 11 is 0. The molecular weight excluding hydrogens is 214 g/mol. The number of nitrogens with zero attached hydrogens (tertiary/aromatic N) is 1. The Balaban J connectivity index is 2.36. The molecule has 1 aliphatic heterocycles. The van der Waals surface area contributed by atoms with E-state index in [4.69, 9.17) is 4.74 Å². The average Bonchev–Trinajstić information content (AvgIpc) is 2.36. The van der Waals surface area contributed by atoms with Crippen LogP contribution in [0.1, 0.15) is 36.2 Å². The van der Waals surface area contributed by atoms with Crippen LogP contribution in [0.25, 0.3) is 0 Å². The molecule has 0 amide bonds. The van der Waals surface area contributed by atoms with Crippen LogP contribution in [0.4, 0.5) is 5.69 Å². The Hall–Kier alpha value is -1.51. The summed E-state index contributed by atoms with van der Waals surface area (Å²) in [6.45, 7) is 5.49. The van der Waals surface area contributed by atoms with Crippen molar-refractivity contribution in [3.63, 3.8) is 0 Å². The Kier molecular flexibility index (Phi) is 3.36. The topological polar surface area (TPSA) is 29.5 Å². The molecule has 92 valence electrons. The molecule has 3 heteroatoms. The third-order valence-corrected chi connectivity index (χ3v) is 3.28. The van der Waals surface area contributed by atoms with Crippen molar-refractivity contribution in [2.75, 3.05) is 18.6 Å². The second kappa shape index (κ2) is 4.78. The Morgan fingerprint density at radius 1 is 1.41 bits per heavy atom. The lowest BCUT2D eigenvalue weighted by Gasteiger charge is -2.34. The molecule has 2 rings (SSSR count). The molecule has 0 aliphatic carbocycles. The molecule has 1 aromatic rings. The van der Waals surface area contributed by atoms with Gasteiger partial charge in [-0.3, -0.25) is 0 Å². The zero-order valence-corrected chi connectivity index (χ0v) is 10.7. The molecule has 0 bridgehead atoms. The predicted molar refractivity (Wildman–Crippen MR) is 68.6 cm³/mol. The molecule has 0 atom stereocenters. The zero-order chi connectivity index (χ0) is 12.4. The molecule has 3 nitrogen and oxygen atoms in total. The molecule has 0 saturated heterocycles. The van der Waals surface area contributed by atoms with Gasteiger partial charge in [-0.1, -0.05) is 0 Å². The lowest BCUT2D eigenvalue weighted by molar-refractivity contribution is 0.0600. The molecule has 0 unspecified atom stereocenters. The van der Waals surface area contributed by atoms with E-state index < -0.39 is 0 Å². The molecule has 0 N–H and O–H groups in total. The van der Waals surface area contributed by atoms with Crippen LogP contribution in [0.2, 0.25) is 0 Å². The van der Waals surface area contributed by atoms with E-state index in [9.17, 15) is 4.79 Å². The van der Waals surface area contributed by atoms with Crippen LogP contribution in [0, 0.1) is 0 Å². The van der Waals surface area contributed by atoms with Gasteiger partial charge in [0, 0.05) is 18.3 Å². The van der Waals surface area contributed by atoms with Gasteiger partial charge in [0.1, 0.15) is 0 Å². The van der Waals surface area contributed by atoms with Gasteiger partial charge in [-0.15, -0.1) is 0 Å². The standard InChI is InChI=1S/C14H19NO2/c1-10(2)15-8-4-5-11-9-12(14(16)17-3)6-7-13(11)15/h6-7,9-10H,4-5,8H2,1-3H3. The monoisotopic (exact) mass is 233 g/mol. The Morgan fingerprint density at radius 3 is 2.82 bits per heavy atom. The van der Waals surface area contributed by atoms with Gasteiger partial charge < -0.3 is 9.64 Å². The largest absolute Gasteiger partial charge is 0.465 e. The van der Waals surface area contributed by atoms with Gasteiger partial charge in [-0.05, 0) is 50.5 Å². The Morgan fingerprint density at radius 2 is 2.18 bits per heavy atom. The predicted octanol–water partition coefficient (Wildman–Crippen LogP) is 2.63. The van der Waals surface area contributed by atoms with Crippen LogP contribution in [-0.4, -0.2) is 25.7 Å². The quantitative estimate of drug-likeness (QED) is 0.735. The maximum Gasteiger partial charge on any atom is 0.337 e. The minimum Gasteiger partial charge on any atom is -0.465 e. The smallest absolute Gasteiger partial charge is 0.337 e. The maximum absolute atomic E-state index is 11.5. The number of carbonyl (C=O) groups is 1. The highest BCUT2D eigenvalue weighted by atomic mass is 16.5. The number of hydrogen-bond donors (Lipinski definition) is 0. The van der Waals surface area contributed by atoms with Gasteiger partial charge in [0.15, 0.2) is 0 Å². The summed E-state index contributed by atoms with van der Waals surface area (Å²) in [4.78, 5) is 13.9. The van der Waals surface area contributed by atoms with Crippen molar-refractivity contribution in [3.8, 4) is 0 Å². The van der Waals surface area contributed by atoms with Crippen LogP contribution >= 0.6 is 0 Å². The minimum atomic E-state index is -0.255. The second-order valence-electron chi connectivity index (χ2n) is 4.73. The van der Waals surface area contributed by atoms with E-state index in [0.29, 0.717) is 11.6 Å². The number of hydrogen-bond acceptors (Lipinski definition) is 3. The van der Waals surface area contributed by atoms with E-state index in [0.717, 1.165) is 19.4 Å². The number of carbonyl (C=O) groups excluding carboxylic acids is 1. The number of ether oxygens (including phenoxy) is 1. The number of esters is 1. The van der Waals surface area contributed by atoms with Crippen molar-refractivity contribution in [1.82, 2.24) is 0 Å². The van der Waals surface area contributed by atoms with Crippen LogP contribution < -0.4 is 4.90 Å². The molecule has 1 heterocycles. The van der Waals surface area contributed by atoms with Crippen molar-refractivity contribution >= 4 is 11.7 Å². The van der Waals surface area contributed by atoms with Crippen molar-refractivity contribution in [1.29, 1.82) is 0 Å². The third-order valence-electron chi connectivity index (χ3n) is 3.28. The van der Waals surface area contributed by atoms with Crippen LogP contribution in [0.3, 0.4) is 0 Å². The highest BCUT2D eigenvalue weighted by molar-refractivity contribution is 5.90. The molecule has 17 heavy (non-hydrogen) atoms. The molecule has 1 aliphatic rings. The summed E-state index contributed by atoms with van der Waals surface area (Å²) < 4.78 is 4.75. The number of methoxy groups -OCH3 is 1. The Labute approximate surface area is 102 Å². The summed E-state index contributed by atoms with van der Waals surface area (Å²) in [6.07, 6.45) is 2.19. The van der Waals surface area contributed by atoms with E-state index in [1.165, 1.54) is 18.4 Å². The normalized spacial score (nSPS) is 14.7. The van der Waals surface area contributed by atoms with Crippen molar-refractivity contribution in [2.45, 2.75) is 32.7 Å². The van der Waals surface area contributed by atoms with E-state index in [2.05, 4.69) is 18.7 Å². The van der Waals surface area contributed by atoms with Crippen molar-refractivity contribution in [2.24, 2.45) is 0 Å². The fourth-order valence-corrected chi connectivity index (χ4v) is 2.41. The van der Waals surface area contributed by atoms with Crippen molar-refractivity contribution in [3.05, 3.63) is 29.3 Å². The molecule has 0 radical (unpaired) electrons. The molecule has 0 saturated carbocycles. The first kappa shape index (κ1) is 12.0. The first-order valence-corrected chi connectivity index (χ1v) is 6.11. The van der Waals surface area contributed by atoms with Gasteiger partial charge in [0.25, 0.3) is 0 Å². The van der Waals surface area contributed by atoms with E-state index in [-0.39, 0.29) is 5.97 Å². The van der Waals surface area contributed by atoms with Gasteiger partial charge in [-0.2, -0.15) is 0 Å². The summed E-state index contributed by atoms with van der Waals surface area (Å²) in [5.41, 5.74) is 3.17. The zero-order valence-electron chi connectivity index (χ0n) is 10.7. The van der Waals surface area contributed by atoms with Crippen LogP contribution in [-0.2, 0) is 11.2 Å². The lowest BCUT2D eigenvalue weighted by Crippen LogP contribution is -2.35.